The molecule has 1 aromatic heterocycles. The first-order chi connectivity index (χ1) is 9.45. The Morgan fingerprint density at radius 1 is 1.45 bits per heavy atom. The molecule has 0 atom stereocenters. The van der Waals surface area contributed by atoms with Crippen molar-refractivity contribution in [1.82, 2.24) is 15.0 Å². The number of hydrogen-bond acceptors (Lipinski definition) is 4. The largest absolute Gasteiger partial charge is 0.476 e. The molecule has 104 valence electrons. The number of rotatable bonds is 4. The van der Waals surface area contributed by atoms with Crippen LogP contribution < -0.4 is 5.32 Å². The van der Waals surface area contributed by atoms with Crippen molar-refractivity contribution in [2.24, 2.45) is 0 Å². The van der Waals surface area contributed by atoms with Gasteiger partial charge in [0.1, 0.15) is 6.54 Å². The molecule has 2 rings (SSSR count). The summed E-state index contributed by atoms with van der Waals surface area (Å²) < 4.78 is 1.80. The van der Waals surface area contributed by atoms with E-state index in [9.17, 15) is 9.59 Å². The second-order valence-electron chi connectivity index (χ2n) is 3.78. The minimum Gasteiger partial charge on any atom is -0.476 e. The first-order valence-corrected chi connectivity index (χ1v) is 6.51. The van der Waals surface area contributed by atoms with Crippen molar-refractivity contribution in [3.05, 3.63) is 39.6 Å². The number of anilines is 1. The first-order valence-electron chi connectivity index (χ1n) is 5.34. The Balaban J connectivity index is 2.01. The van der Waals surface area contributed by atoms with Gasteiger partial charge in [-0.2, -0.15) is 0 Å². The summed E-state index contributed by atoms with van der Waals surface area (Å²) >= 11 is 9.09. The predicted octanol–water partition coefficient (Wildman–Crippen LogP) is 2.03. The minimum atomic E-state index is -1.20. The van der Waals surface area contributed by atoms with Crippen LogP contribution in [0, 0.1) is 0 Å². The van der Waals surface area contributed by atoms with E-state index in [-0.39, 0.29) is 18.1 Å². The number of amides is 1. The van der Waals surface area contributed by atoms with Gasteiger partial charge in [-0.3, -0.25) is 4.79 Å². The maximum atomic E-state index is 11.8. The number of nitrogens with one attached hydrogen (secondary N) is 1. The number of carbonyl (C=O) groups is 2. The number of aromatic nitrogens is 3. The van der Waals surface area contributed by atoms with Crippen LogP contribution >= 0.6 is 27.5 Å². The summed E-state index contributed by atoms with van der Waals surface area (Å²) in [6.07, 6.45) is 1.18. The summed E-state index contributed by atoms with van der Waals surface area (Å²) in [7, 11) is 0. The van der Waals surface area contributed by atoms with Gasteiger partial charge in [-0.1, -0.05) is 16.8 Å². The van der Waals surface area contributed by atoms with Gasteiger partial charge >= 0.3 is 5.97 Å². The van der Waals surface area contributed by atoms with Gasteiger partial charge in [-0.15, -0.1) is 5.10 Å². The average molecular weight is 360 g/mol. The van der Waals surface area contributed by atoms with E-state index < -0.39 is 5.97 Å². The number of carboxylic acids is 1. The molecule has 1 amide bonds. The van der Waals surface area contributed by atoms with Crippen LogP contribution in [-0.2, 0) is 11.3 Å². The van der Waals surface area contributed by atoms with E-state index in [1.165, 1.54) is 6.20 Å². The van der Waals surface area contributed by atoms with E-state index in [1.807, 2.05) is 0 Å². The molecule has 2 N–H and O–H groups in total. The highest BCUT2D eigenvalue weighted by Gasteiger charge is 2.11. The van der Waals surface area contributed by atoms with Gasteiger partial charge < -0.3 is 10.4 Å². The number of carbonyl (C=O) groups excluding carboxylic acids is 1. The van der Waals surface area contributed by atoms with E-state index in [2.05, 4.69) is 31.6 Å². The van der Waals surface area contributed by atoms with Gasteiger partial charge in [0.25, 0.3) is 0 Å². The minimum absolute atomic E-state index is 0.138. The molecular weight excluding hydrogens is 352 g/mol. The number of halogens is 2. The maximum Gasteiger partial charge on any atom is 0.358 e. The van der Waals surface area contributed by atoms with Crippen molar-refractivity contribution in [2.75, 3.05) is 5.32 Å². The lowest BCUT2D eigenvalue weighted by Crippen LogP contribution is -2.19. The van der Waals surface area contributed by atoms with Crippen LogP contribution in [0.1, 0.15) is 10.5 Å². The Bertz CT molecular complexity index is 673. The predicted molar refractivity (Wildman–Crippen MR) is 74.8 cm³/mol. The zero-order valence-electron chi connectivity index (χ0n) is 9.88. The Labute approximate surface area is 126 Å². The highest BCUT2D eigenvalue weighted by molar-refractivity contribution is 9.10. The third-order valence-corrected chi connectivity index (χ3v) is 3.48. The smallest absolute Gasteiger partial charge is 0.358 e. The molecule has 20 heavy (non-hydrogen) atoms. The molecular formula is C11H8BrClN4O3. The fourth-order valence-corrected chi connectivity index (χ4v) is 1.89. The first kappa shape index (κ1) is 14.5. The Morgan fingerprint density at radius 3 is 2.80 bits per heavy atom. The normalized spacial score (nSPS) is 10.3. The third-order valence-electron chi connectivity index (χ3n) is 2.27. The van der Waals surface area contributed by atoms with Crippen molar-refractivity contribution in [1.29, 1.82) is 0 Å². The molecule has 0 spiro atoms. The second-order valence-corrected chi connectivity index (χ2v) is 5.05. The number of hydrogen-bond donors (Lipinski definition) is 2. The van der Waals surface area contributed by atoms with Crippen LogP contribution in [0.5, 0.6) is 0 Å². The van der Waals surface area contributed by atoms with Crippen LogP contribution in [0.25, 0.3) is 0 Å². The molecule has 1 aromatic carbocycles. The molecule has 7 nitrogen and oxygen atoms in total. The Kier molecular flexibility index (Phi) is 4.35. The summed E-state index contributed by atoms with van der Waals surface area (Å²) in [6.45, 7) is -0.138. The molecule has 0 aliphatic heterocycles. The van der Waals surface area contributed by atoms with Gasteiger partial charge in [0.15, 0.2) is 5.69 Å². The fraction of sp³-hybridized carbons (Fsp3) is 0.0909. The zero-order chi connectivity index (χ0) is 14.7. The molecule has 0 saturated carbocycles. The van der Waals surface area contributed by atoms with Crippen molar-refractivity contribution >= 4 is 45.1 Å². The lowest BCUT2D eigenvalue weighted by atomic mass is 10.3. The fourth-order valence-electron chi connectivity index (χ4n) is 1.40. The Hall–Kier alpha value is -1.93. The molecule has 0 bridgehead atoms. The van der Waals surface area contributed by atoms with E-state index in [4.69, 9.17) is 16.7 Å². The lowest BCUT2D eigenvalue weighted by Gasteiger charge is -2.06. The Morgan fingerprint density at radius 2 is 2.20 bits per heavy atom. The average Bonchev–Trinajstić information content (AvgIpc) is 2.82. The molecule has 0 radical (unpaired) electrons. The third kappa shape index (κ3) is 3.55. The lowest BCUT2D eigenvalue weighted by molar-refractivity contribution is -0.116. The summed E-state index contributed by atoms with van der Waals surface area (Å²) in [4.78, 5) is 22.4. The summed E-state index contributed by atoms with van der Waals surface area (Å²) in [5, 5.41) is 18.8. The van der Waals surface area contributed by atoms with Crippen LogP contribution in [0.2, 0.25) is 5.02 Å². The standard InChI is InChI=1S/C11H8BrClN4O3/c12-7-3-6(1-2-8(7)13)14-10(18)5-17-4-9(11(19)20)15-16-17/h1-4H,5H2,(H,14,18)(H,19,20). The van der Waals surface area contributed by atoms with Gasteiger partial charge in [0, 0.05) is 10.2 Å². The van der Waals surface area contributed by atoms with E-state index in [0.29, 0.717) is 15.2 Å². The van der Waals surface area contributed by atoms with Gasteiger partial charge in [-0.25, -0.2) is 9.48 Å². The molecule has 2 aromatic rings. The van der Waals surface area contributed by atoms with Gasteiger partial charge in [0.2, 0.25) is 5.91 Å². The molecule has 1 heterocycles. The molecule has 0 aliphatic rings. The highest BCUT2D eigenvalue weighted by atomic mass is 79.9. The van der Waals surface area contributed by atoms with E-state index >= 15 is 0 Å². The summed E-state index contributed by atoms with van der Waals surface area (Å²) in [5.41, 5.74) is 0.344. The number of aromatic carboxylic acids is 1. The summed E-state index contributed by atoms with van der Waals surface area (Å²) in [6, 6.07) is 4.94. The van der Waals surface area contributed by atoms with Gasteiger partial charge in [-0.05, 0) is 34.1 Å². The zero-order valence-corrected chi connectivity index (χ0v) is 12.2. The second kappa shape index (κ2) is 6.02. The quantitative estimate of drug-likeness (QED) is 0.870. The van der Waals surface area contributed by atoms with E-state index in [0.717, 1.165) is 4.68 Å². The highest BCUT2D eigenvalue weighted by Crippen LogP contribution is 2.25. The van der Waals surface area contributed by atoms with Crippen molar-refractivity contribution in [3.8, 4) is 0 Å². The molecule has 0 fully saturated rings. The van der Waals surface area contributed by atoms with Crippen LogP contribution in [0.3, 0.4) is 0 Å². The number of benzene rings is 1. The molecule has 0 saturated heterocycles. The SMILES string of the molecule is O=C(Cn1cc(C(=O)O)nn1)Nc1ccc(Cl)c(Br)c1. The monoisotopic (exact) mass is 358 g/mol. The van der Waals surface area contributed by atoms with Gasteiger partial charge in [0.05, 0.1) is 11.2 Å². The van der Waals surface area contributed by atoms with Crippen LogP contribution in [0.4, 0.5) is 5.69 Å². The van der Waals surface area contributed by atoms with Crippen molar-refractivity contribution in [3.63, 3.8) is 0 Å². The number of carboxylic acid groups (broad SMARTS) is 1. The topological polar surface area (TPSA) is 97.1 Å². The van der Waals surface area contributed by atoms with Crippen LogP contribution in [-0.4, -0.2) is 32.0 Å². The maximum absolute atomic E-state index is 11.8. The molecule has 0 aliphatic carbocycles. The molecule has 9 heteroatoms. The number of nitrogens with zero attached hydrogens (tertiary/aromatic N) is 3. The van der Waals surface area contributed by atoms with E-state index in [1.54, 1.807) is 18.2 Å². The molecule has 0 unspecified atom stereocenters. The van der Waals surface area contributed by atoms with Crippen molar-refractivity contribution < 1.29 is 14.7 Å². The summed E-state index contributed by atoms with van der Waals surface area (Å²) in [5.74, 6) is -1.56. The van der Waals surface area contributed by atoms with Crippen molar-refractivity contribution in [2.45, 2.75) is 6.54 Å². The van der Waals surface area contributed by atoms with Crippen LogP contribution in [0.15, 0.2) is 28.9 Å².